The van der Waals surface area contributed by atoms with Crippen LogP contribution in [0.1, 0.15) is 32.6 Å². The van der Waals surface area contributed by atoms with E-state index >= 15 is 0 Å². The van der Waals surface area contributed by atoms with E-state index < -0.39 is 5.97 Å². The van der Waals surface area contributed by atoms with Gasteiger partial charge in [-0.1, -0.05) is 13.3 Å². The molecule has 0 aromatic carbocycles. The summed E-state index contributed by atoms with van der Waals surface area (Å²) < 4.78 is 0. The van der Waals surface area contributed by atoms with Crippen molar-refractivity contribution in [2.24, 2.45) is 5.92 Å². The largest absolute Gasteiger partial charge is 0.481 e. The third-order valence-electron chi connectivity index (χ3n) is 1.88. The number of aliphatic carboxylic acids is 1. The Morgan fingerprint density at radius 1 is 1.50 bits per heavy atom. The summed E-state index contributed by atoms with van der Waals surface area (Å²) in [6, 6.07) is 0. The SMILES string of the molecule is CCC(CCCCOO)C(=O)O. The topological polar surface area (TPSA) is 66.8 Å². The Hall–Kier alpha value is -0.610. The highest BCUT2D eigenvalue weighted by Crippen LogP contribution is 2.12. The van der Waals surface area contributed by atoms with Gasteiger partial charge in [-0.25, -0.2) is 4.89 Å². The average molecular weight is 176 g/mol. The van der Waals surface area contributed by atoms with Crippen LogP contribution in [0.2, 0.25) is 0 Å². The molecule has 12 heavy (non-hydrogen) atoms. The van der Waals surface area contributed by atoms with Gasteiger partial charge in [0.25, 0.3) is 0 Å². The molecule has 4 heteroatoms. The summed E-state index contributed by atoms with van der Waals surface area (Å²) in [4.78, 5) is 14.4. The first-order valence-electron chi connectivity index (χ1n) is 4.21. The van der Waals surface area contributed by atoms with Gasteiger partial charge in [-0.3, -0.25) is 10.1 Å². The second-order valence-corrected chi connectivity index (χ2v) is 2.77. The third kappa shape index (κ3) is 5.09. The Morgan fingerprint density at radius 3 is 2.58 bits per heavy atom. The number of hydrogen-bond donors (Lipinski definition) is 2. The highest BCUT2D eigenvalue weighted by molar-refractivity contribution is 5.69. The Morgan fingerprint density at radius 2 is 2.17 bits per heavy atom. The maximum Gasteiger partial charge on any atom is 0.306 e. The predicted molar refractivity (Wildman–Crippen MR) is 43.8 cm³/mol. The van der Waals surface area contributed by atoms with Gasteiger partial charge in [0.1, 0.15) is 0 Å². The Kier molecular flexibility index (Phi) is 6.70. The number of rotatable bonds is 7. The molecule has 1 unspecified atom stereocenters. The van der Waals surface area contributed by atoms with Crippen molar-refractivity contribution in [3.05, 3.63) is 0 Å². The summed E-state index contributed by atoms with van der Waals surface area (Å²) in [5, 5.41) is 16.6. The Bertz CT molecular complexity index is 124. The molecule has 0 aromatic rings. The van der Waals surface area contributed by atoms with Crippen molar-refractivity contribution in [2.75, 3.05) is 6.61 Å². The summed E-state index contributed by atoms with van der Waals surface area (Å²) in [6.45, 7) is 2.15. The molecule has 0 saturated carbocycles. The van der Waals surface area contributed by atoms with Crippen molar-refractivity contribution in [1.82, 2.24) is 0 Å². The molecule has 0 aliphatic rings. The molecular weight excluding hydrogens is 160 g/mol. The molecule has 0 aliphatic carbocycles. The molecule has 2 N–H and O–H groups in total. The van der Waals surface area contributed by atoms with Crippen LogP contribution < -0.4 is 0 Å². The van der Waals surface area contributed by atoms with Gasteiger partial charge < -0.3 is 5.11 Å². The van der Waals surface area contributed by atoms with Crippen molar-refractivity contribution in [1.29, 1.82) is 0 Å². The summed E-state index contributed by atoms with van der Waals surface area (Å²) in [7, 11) is 0. The third-order valence-corrected chi connectivity index (χ3v) is 1.88. The smallest absolute Gasteiger partial charge is 0.306 e. The van der Waals surface area contributed by atoms with Crippen molar-refractivity contribution in [2.45, 2.75) is 32.6 Å². The number of hydrogen-bond acceptors (Lipinski definition) is 3. The van der Waals surface area contributed by atoms with Crippen molar-refractivity contribution in [3.63, 3.8) is 0 Å². The molecule has 0 aliphatic heterocycles. The number of unbranched alkanes of at least 4 members (excludes halogenated alkanes) is 1. The van der Waals surface area contributed by atoms with Crippen molar-refractivity contribution >= 4 is 5.97 Å². The zero-order valence-electron chi connectivity index (χ0n) is 7.32. The monoisotopic (exact) mass is 176 g/mol. The lowest BCUT2D eigenvalue weighted by atomic mass is 10.00. The zero-order chi connectivity index (χ0) is 9.40. The van der Waals surface area contributed by atoms with Crippen molar-refractivity contribution in [3.8, 4) is 0 Å². The zero-order valence-corrected chi connectivity index (χ0v) is 7.32. The molecule has 4 nitrogen and oxygen atoms in total. The number of carboxylic acid groups (broad SMARTS) is 1. The van der Waals surface area contributed by atoms with E-state index in [0.717, 1.165) is 6.42 Å². The molecule has 0 saturated heterocycles. The van der Waals surface area contributed by atoms with E-state index in [9.17, 15) is 4.79 Å². The van der Waals surface area contributed by atoms with E-state index in [1.54, 1.807) is 0 Å². The molecule has 0 rings (SSSR count). The van der Waals surface area contributed by atoms with Crippen LogP contribution in [0.25, 0.3) is 0 Å². The highest BCUT2D eigenvalue weighted by atomic mass is 17.1. The fourth-order valence-electron chi connectivity index (χ4n) is 1.06. The molecule has 0 radical (unpaired) electrons. The fourth-order valence-corrected chi connectivity index (χ4v) is 1.06. The van der Waals surface area contributed by atoms with Gasteiger partial charge in [0.15, 0.2) is 0 Å². The Balaban J connectivity index is 3.38. The first kappa shape index (κ1) is 11.4. The van der Waals surface area contributed by atoms with E-state index in [0.29, 0.717) is 19.3 Å². The molecule has 72 valence electrons. The van der Waals surface area contributed by atoms with Crippen LogP contribution in [0.4, 0.5) is 0 Å². The van der Waals surface area contributed by atoms with E-state index in [1.165, 1.54) is 0 Å². The lowest BCUT2D eigenvalue weighted by Gasteiger charge is -2.07. The molecule has 0 amide bonds. The van der Waals surface area contributed by atoms with Gasteiger partial charge in [-0.2, -0.15) is 0 Å². The molecule has 1 atom stereocenters. The predicted octanol–water partition coefficient (Wildman–Crippen LogP) is 1.76. The maximum atomic E-state index is 10.5. The minimum Gasteiger partial charge on any atom is -0.481 e. The van der Waals surface area contributed by atoms with Gasteiger partial charge in [-0.15, -0.1) is 0 Å². The fraction of sp³-hybridized carbons (Fsp3) is 0.875. The van der Waals surface area contributed by atoms with E-state index in [4.69, 9.17) is 10.4 Å². The summed E-state index contributed by atoms with van der Waals surface area (Å²) in [6.07, 6.45) is 2.82. The molecule has 0 heterocycles. The van der Waals surface area contributed by atoms with Gasteiger partial charge in [0, 0.05) is 0 Å². The summed E-state index contributed by atoms with van der Waals surface area (Å²) in [5.41, 5.74) is 0. The van der Waals surface area contributed by atoms with Gasteiger partial charge >= 0.3 is 5.97 Å². The highest BCUT2D eigenvalue weighted by Gasteiger charge is 2.13. The molecule has 0 aromatic heterocycles. The minimum atomic E-state index is -0.734. The van der Waals surface area contributed by atoms with E-state index in [-0.39, 0.29) is 12.5 Å². The molecular formula is C8H16O4. The van der Waals surface area contributed by atoms with Crippen molar-refractivity contribution < 1.29 is 20.0 Å². The van der Waals surface area contributed by atoms with Crippen LogP contribution in [0.3, 0.4) is 0 Å². The molecule has 0 spiro atoms. The second-order valence-electron chi connectivity index (χ2n) is 2.77. The lowest BCUT2D eigenvalue weighted by molar-refractivity contribution is -0.242. The van der Waals surface area contributed by atoms with E-state index in [2.05, 4.69) is 4.89 Å². The Labute approximate surface area is 72.1 Å². The number of carboxylic acids is 1. The van der Waals surface area contributed by atoms with Crippen LogP contribution in [0, 0.1) is 5.92 Å². The summed E-state index contributed by atoms with van der Waals surface area (Å²) >= 11 is 0. The molecule has 0 fully saturated rings. The van der Waals surface area contributed by atoms with Gasteiger partial charge in [-0.05, 0) is 19.3 Å². The summed E-state index contributed by atoms with van der Waals surface area (Å²) in [5.74, 6) is -0.980. The first-order chi connectivity index (χ1) is 5.72. The lowest BCUT2D eigenvalue weighted by Crippen LogP contribution is -2.12. The molecule has 0 bridgehead atoms. The van der Waals surface area contributed by atoms with Crippen LogP contribution in [-0.4, -0.2) is 22.9 Å². The van der Waals surface area contributed by atoms with Crippen LogP contribution in [0.5, 0.6) is 0 Å². The maximum absolute atomic E-state index is 10.5. The van der Waals surface area contributed by atoms with Gasteiger partial charge in [0.2, 0.25) is 0 Å². The van der Waals surface area contributed by atoms with E-state index in [1.807, 2.05) is 6.92 Å². The normalized spacial score (nSPS) is 12.8. The minimum absolute atomic E-state index is 0.247. The first-order valence-corrected chi connectivity index (χ1v) is 4.21. The second kappa shape index (κ2) is 7.06. The average Bonchev–Trinajstić information content (AvgIpc) is 2.04. The van der Waals surface area contributed by atoms with Crippen LogP contribution >= 0.6 is 0 Å². The standard InChI is InChI=1S/C8H16O4/c1-2-7(8(9)10)5-3-4-6-12-11/h7,11H,2-6H2,1H3,(H,9,10). The van der Waals surface area contributed by atoms with Crippen LogP contribution in [-0.2, 0) is 9.68 Å². The quantitative estimate of drug-likeness (QED) is 0.352. The van der Waals surface area contributed by atoms with Crippen LogP contribution in [0.15, 0.2) is 0 Å². The number of carbonyl (C=O) groups is 1. The van der Waals surface area contributed by atoms with Gasteiger partial charge in [0.05, 0.1) is 12.5 Å².